The van der Waals surface area contributed by atoms with Crippen LogP contribution in [0.15, 0.2) is 147 Å². The van der Waals surface area contributed by atoms with Crippen LogP contribution >= 0.6 is 0 Å². The summed E-state index contributed by atoms with van der Waals surface area (Å²) in [6.07, 6.45) is 5.83. The van der Waals surface area contributed by atoms with Gasteiger partial charge in [0.1, 0.15) is 6.04 Å². The fraction of sp³-hybridized carbons (Fsp3) is 0.171. The van der Waals surface area contributed by atoms with Crippen molar-refractivity contribution in [1.82, 2.24) is 10.2 Å². The Morgan fingerprint density at radius 1 is 0.783 bits per heavy atom. The predicted octanol–water partition coefficient (Wildman–Crippen LogP) is 8.32. The maximum Gasteiger partial charge on any atom is 0.260 e. The van der Waals surface area contributed by atoms with Crippen molar-refractivity contribution in [3.05, 3.63) is 169 Å². The molecule has 1 unspecified atom stereocenters. The van der Waals surface area contributed by atoms with E-state index in [-0.39, 0.29) is 11.8 Å². The van der Waals surface area contributed by atoms with Gasteiger partial charge in [0, 0.05) is 29.9 Å². The highest BCUT2D eigenvalue weighted by molar-refractivity contribution is 6.39. The zero-order valence-corrected chi connectivity index (χ0v) is 26.8. The van der Waals surface area contributed by atoms with Gasteiger partial charge in [0.05, 0.1) is 11.3 Å². The summed E-state index contributed by atoms with van der Waals surface area (Å²) in [6.45, 7) is 15.0. The Bertz CT molecular complexity index is 1760. The van der Waals surface area contributed by atoms with Gasteiger partial charge in [0.15, 0.2) is 0 Å². The first-order valence-electron chi connectivity index (χ1n) is 15.6. The highest BCUT2D eigenvalue weighted by atomic mass is 16.2. The smallest absolute Gasteiger partial charge is 0.260 e. The van der Waals surface area contributed by atoms with Crippen LogP contribution in [0, 0.1) is 0 Å². The Morgan fingerprint density at radius 3 is 1.87 bits per heavy atom. The summed E-state index contributed by atoms with van der Waals surface area (Å²) in [5, 5.41) is 3.13. The largest absolute Gasteiger partial charge is 0.364 e. The van der Waals surface area contributed by atoms with Gasteiger partial charge in [-0.1, -0.05) is 121 Å². The van der Waals surface area contributed by atoms with E-state index in [1.54, 1.807) is 4.90 Å². The van der Waals surface area contributed by atoms with E-state index in [9.17, 15) is 4.79 Å². The van der Waals surface area contributed by atoms with E-state index in [0.717, 1.165) is 33.5 Å². The first-order chi connectivity index (χ1) is 22.2. The van der Waals surface area contributed by atoms with Crippen molar-refractivity contribution >= 4 is 34.3 Å². The Labute approximate surface area is 272 Å². The molecule has 5 heteroatoms. The lowest BCUT2D eigenvalue weighted by atomic mass is 9.93. The van der Waals surface area contributed by atoms with Crippen LogP contribution in [0.1, 0.15) is 49.1 Å². The average Bonchev–Trinajstić information content (AvgIpc) is 3.33. The molecule has 46 heavy (non-hydrogen) atoms. The molecule has 5 nitrogen and oxygen atoms in total. The first-order valence-corrected chi connectivity index (χ1v) is 15.6. The van der Waals surface area contributed by atoms with Gasteiger partial charge in [-0.25, -0.2) is 0 Å². The number of anilines is 1. The highest BCUT2D eigenvalue weighted by Crippen LogP contribution is 2.46. The fourth-order valence-corrected chi connectivity index (χ4v) is 5.85. The lowest BCUT2D eigenvalue weighted by molar-refractivity contribution is -0.126. The molecule has 0 spiro atoms. The molecule has 1 heterocycles. The molecule has 5 rings (SSSR count). The summed E-state index contributed by atoms with van der Waals surface area (Å²) in [7, 11) is 0. The number of carbonyl (C=O) groups is 2. The zero-order valence-electron chi connectivity index (χ0n) is 26.8. The molecule has 1 aliphatic rings. The number of carbonyl (C=O) groups excluding carboxylic acids is 2. The van der Waals surface area contributed by atoms with Crippen molar-refractivity contribution < 1.29 is 9.59 Å². The van der Waals surface area contributed by atoms with Crippen LogP contribution < -0.4 is 10.2 Å². The maximum atomic E-state index is 15.0. The molecule has 0 bridgehead atoms. The third kappa shape index (κ3) is 6.94. The number of amides is 2. The number of hydrogen-bond donors (Lipinski definition) is 1. The Morgan fingerprint density at radius 2 is 1.30 bits per heavy atom. The standard InChI is InChI=1S/C41H41N3O2/c1-6-27-43(28-7-2)36(31-21-13-9-14-22-31)29-34(30-19-11-8-12-20-30)37-33-25-17-18-26-35(33)44(40(37)46)38(32-23-15-10-16-24-32)39(45)42-41(3,4)5/h6-26,29,38H,1-2,27-28H2,3-5H3,(H,42,45)/b36-29+,37-34+. The van der Waals surface area contributed by atoms with Crippen molar-refractivity contribution in [2.75, 3.05) is 18.0 Å². The molecule has 4 aromatic rings. The number of hydrogen-bond acceptors (Lipinski definition) is 3. The molecular formula is C41H41N3O2. The molecule has 0 radical (unpaired) electrons. The number of rotatable bonds is 11. The Balaban J connectivity index is 1.81. The minimum absolute atomic E-state index is 0.236. The first kappa shape index (κ1) is 32.0. The average molecular weight is 608 g/mol. The molecule has 0 aromatic heterocycles. The topological polar surface area (TPSA) is 52.7 Å². The van der Waals surface area contributed by atoms with E-state index in [1.807, 2.05) is 136 Å². The second kappa shape index (κ2) is 14.1. The van der Waals surface area contributed by atoms with Crippen molar-refractivity contribution in [1.29, 1.82) is 0 Å². The molecule has 4 aromatic carbocycles. The quantitative estimate of drug-likeness (QED) is 0.138. The van der Waals surface area contributed by atoms with Gasteiger partial charge in [-0.3, -0.25) is 14.5 Å². The van der Waals surface area contributed by atoms with Gasteiger partial charge < -0.3 is 10.2 Å². The third-order valence-corrected chi connectivity index (χ3v) is 7.73. The van der Waals surface area contributed by atoms with Crippen LogP contribution in [0.3, 0.4) is 0 Å². The van der Waals surface area contributed by atoms with Crippen molar-refractivity contribution in [3.63, 3.8) is 0 Å². The predicted molar refractivity (Wildman–Crippen MR) is 191 cm³/mol. The molecule has 0 fully saturated rings. The van der Waals surface area contributed by atoms with Gasteiger partial charge in [-0.2, -0.15) is 0 Å². The van der Waals surface area contributed by atoms with Gasteiger partial charge in [-0.15, -0.1) is 13.2 Å². The lowest BCUT2D eigenvalue weighted by Gasteiger charge is -2.31. The van der Waals surface area contributed by atoms with Crippen molar-refractivity contribution in [3.8, 4) is 0 Å². The normalized spacial score (nSPS) is 14.7. The summed E-state index contributed by atoms with van der Waals surface area (Å²) in [5.41, 5.74) is 5.84. The van der Waals surface area contributed by atoms with Gasteiger partial charge >= 0.3 is 0 Å². The minimum Gasteiger partial charge on any atom is -0.364 e. The SMILES string of the molecule is C=CCN(CC=C)/C(=C/C(=C1\C(=O)N(C(C(=O)NC(C)(C)C)c2ccccc2)c2ccccc21)c1ccccc1)c1ccccc1. The maximum absolute atomic E-state index is 15.0. The second-order valence-electron chi connectivity index (χ2n) is 12.3. The summed E-state index contributed by atoms with van der Waals surface area (Å²) in [6, 6.07) is 36.5. The van der Waals surface area contributed by atoms with Crippen LogP contribution in [0.4, 0.5) is 5.69 Å². The Kier molecular flexibility index (Phi) is 9.82. The molecule has 0 aliphatic carbocycles. The lowest BCUT2D eigenvalue weighted by Crippen LogP contribution is -2.48. The van der Waals surface area contributed by atoms with Gasteiger partial charge in [-0.05, 0) is 55.2 Å². The van der Waals surface area contributed by atoms with Gasteiger partial charge in [0.2, 0.25) is 5.91 Å². The van der Waals surface area contributed by atoms with E-state index in [1.165, 1.54) is 0 Å². The van der Waals surface area contributed by atoms with E-state index < -0.39 is 11.6 Å². The highest BCUT2D eigenvalue weighted by Gasteiger charge is 2.42. The third-order valence-electron chi connectivity index (χ3n) is 7.73. The zero-order chi connectivity index (χ0) is 32.7. The monoisotopic (exact) mass is 607 g/mol. The minimum atomic E-state index is -0.876. The molecule has 0 saturated carbocycles. The molecular weight excluding hydrogens is 566 g/mol. The van der Waals surface area contributed by atoms with E-state index in [0.29, 0.717) is 24.4 Å². The molecule has 1 aliphatic heterocycles. The Hall–Kier alpha value is -5.42. The molecule has 0 saturated heterocycles. The number of para-hydroxylation sites is 1. The summed E-state index contributed by atoms with van der Waals surface area (Å²) in [4.78, 5) is 32.9. The van der Waals surface area contributed by atoms with Crippen molar-refractivity contribution in [2.45, 2.75) is 32.4 Å². The van der Waals surface area contributed by atoms with E-state index >= 15 is 4.79 Å². The van der Waals surface area contributed by atoms with Crippen LogP contribution in [0.5, 0.6) is 0 Å². The number of fused-ring (bicyclic) bond motifs is 1. The van der Waals surface area contributed by atoms with Crippen molar-refractivity contribution in [2.24, 2.45) is 0 Å². The van der Waals surface area contributed by atoms with Crippen LogP contribution in [-0.4, -0.2) is 35.3 Å². The van der Waals surface area contributed by atoms with Crippen LogP contribution in [0.25, 0.3) is 16.8 Å². The molecule has 232 valence electrons. The second-order valence-corrected chi connectivity index (χ2v) is 12.3. The number of allylic oxidation sites excluding steroid dienone is 2. The molecule has 1 N–H and O–H groups in total. The van der Waals surface area contributed by atoms with E-state index in [4.69, 9.17) is 0 Å². The number of nitrogens with one attached hydrogen (secondary N) is 1. The number of benzene rings is 4. The van der Waals surface area contributed by atoms with Crippen LogP contribution in [0.2, 0.25) is 0 Å². The summed E-state index contributed by atoms with van der Waals surface area (Å²) < 4.78 is 0. The fourth-order valence-electron chi connectivity index (χ4n) is 5.85. The summed E-state index contributed by atoms with van der Waals surface area (Å²) in [5.74, 6) is -0.478. The van der Waals surface area contributed by atoms with Crippen LogP contribution in [-0.2, 0) is 9.59 Å². The molecule has 1 atom stereocenters. The summed E-state index contributed by atoms with van der Waals surface area (Å²) >= 11 is 0. The number of nitrogens with zero attached hydrogens (tertiary/aromatic N) is 2. The van der Waals surface area contributed by atoms with E-state index in [2.05, 4.69) is 41.6 Å². The molecule has 2 amide bonds. The van der Waals surface area contributed by atoms with Gasteiger partial charge in [0.25, 0.3) is 5.91 Å².